The minimum Gasteiger partial charge on any atom is -0.481 e. The summed E-state index contributed by atoms with van der Waals surface area (Å²) in [6, 6.07) is 6.16. The number of pyridine rings is 2. The first-order valence-corrected chi connectivity index (χ1v) is 10.1. The first-order valence-electron chi connectivity index (χ1n) is 9.37. The van der Waals surface area contributed by atoms with Gasteiger partial charge in [0, 0.05) is 22.3 Å². The zero-order valence-corrected chi connectivity index (χ0v) is 18.8. The van der Waals surface area contributed by atoms with E-state index in [2.05, 4.69) is 15.0 Å². The second-order valence-corrected chi connectivity index (χ2v) is 8.07. The number of H-pyrrole nitrogens is 1. The van der Waals surface area contributed by atoms with Crippen molar-refractivity contribution >= 4 is 29.0 Å². The molecule has 0 aromatic carbocycles. The van der Waals surface area contributed by atoms with Crippen LogP contribution in [0.3, 0.4) is 0 Å². The minimum absolute atomic E-state index is 0.0380. The summed E-state index contributed by atoms with van der Waals surface area (Å²) in [5, 5.41) is 0.488. The first kappa shape index (κ1) is 22.7. The molecule has 0 saturated carbocycles. The Morgan fingerprint density at radius 3 is 2.48 bits per heavy atom. The van der Waals surface area contributed by atoms with Gasteiger partial charge < -0.3 is 4.74 Å². The molecule has 0 aliphatic heterocycles. The van der Waals surface area contributed by atoms with Gasteiger partial charge in [-0.25, -0.2) is 14.8 Å². The van der Waals surface area contributed by atoms with Crippen LogP contribution >= 0.6 is 23.2 Å². The molecule has 0 aliphatic carbocycles. The Balaban J connectivity index is 2.28. The lowest BCUT2D eigenvalue weighted by atomic mass is 9.98. The second-order valence-electron chi connectivity index (χ2n) is 7.24. The van der Waals surface area contributed by atoms with Crippen molar-refractivity contribution in [3.8, 4) is 5.88 Å². The SMILES string of the molecule is COc1cc(Cn2c(C(=O)c3cc(Cl)cc(C)n3)c(C(C)C)c(=O)[nH]c2=O)cc(Cl)n1. The second kappa shape index (κ2) is 9.03. The van der Waals surface area contributed by atoms with E-state index in [1.54, 1.807) is 39.0 Å². The summed E-state index contributed by atoms with van der Waals surface area (Å²) in [6.07, 6.45) is 0. The highest BCUT2D eigenvalue weighted by Crippen LogP contribution is 2.22. The Bertz CT molecular complexity index is 1260. The van der Waals surface area contributed by atoms with Crippen LogP contribution in [0.2, 0.25) is 10.2 Å². The van der Waals surface area contributed by atoms with Gasteiger partial charge in [-0.15, -0.1) is 0 Å². The summed E-state index contributed by atoms with van der Waals surface area (Å²) in [5.41, 5.74) is -0.0969. The molecular formula is C21H20Cl2N4O4. The molecule has 0 bridgehead atoms. The molecule has 162 valence electrons. The quantitative estimate of drug-likeness (QED) is 0.444. The average molecular weight is 463 g/mol. The number of aryl methyl sites for hydroxylation is 1. The molecule has 3 rings (SSSR count). The molecule has 3 heterocycles. The number of methoxy groups -OCH3 is 1. The van der Waals surface area contributed by atoms with Gasteiger partial charge in [-0.1, -0.05) is 37.0 Å². The molecule has 10 heteroatoms. The van der Waals surface area contributed by atoms with Gasteiger partial charge in [0.2, 0.25) is 11.7 Å². The number of aromatic nitrogens is 4. The summed E-state index contributed by atoms with van der Waals surface area (Å²) in [5.74, 6) is -0.668. The van der Waals surface area contributed by atoms with Crippen molar-refractivity contribution in [3.63, 3.8) is 0 Å². The molecule has 0 fully saturated rings. The topological polar surface area (TPSA) is 107 Å². The standard InChI is InChI=1S/C21H20Cl2N4O4/c1-10(2)17-18(19(28)14-8-13(22)5-11(3)24-14)27(21(30)26-20(17)29)9-12-6-15(23)25-16(7-12)31-4/h5-8,10H,9H2,1-4H3,(H,26,29,30). The van der Waals surface area contributed by atoms with Gasteiger partial charge in [0.05, 0.1) is 13.7 Å². The fourth-order valence-electron chi connectivity index (χ4n) is 3.28. The Labute approximate surface area is 187 Å². The highest BCUT2D eigenvalue weighted by Gasteiger charge is 2.26. The van der Waals surface area contributed by atoms with Gasteiger partial charge in [-0.2, -0.15) is 0 Å². The summed E-state index contributed by atoms with van der Waals surface area (Å²) < 4.78 is 6.32. The number of halogens is 2. The predicted molar refractivity (Wildman–Crippen MR) is 118 cm³/mol. The van der Waals surface area contributed by atoms with Crippen LogP contribution in [0.5, 0.6) is 5.88 Å². The average Bonchev–Trinajstić information content (AvgIpc) is 2.67. The number of ether oxygens (including phenoxy) is 1. The van der Waals surface area contributed by atoms with E-state index in [-0.39, 0.29) is 40.4 Å². The third-order valence-electron chi connectivity index (χ3n) is 4.56. The smallest absolute Gasteiger partial charge is 0.329 e. The third kappa shape index (κ3) is 4.86. The number of rotatable bonds is 6. The molecule has 0 amide bonds. The maximum Gasteiger partial charge on any atom is 0.329 e. The molecule has 0 unspecified atom stereocenters. The fraction of sp³-hybridized carbons (Fsp3) is 0.286. The maximum absolute atomic E-state index is 13.5. The van der Waals surface area contributed by atoms with E-state index in [1.165, 1.54) is 17.7 Å². The molecule has 0 aliphatic rings. The van der Waals surface area contributed by atoms with Gasteiger partial charge in [-0.05, 0) is 36.6 Å². The molecule has 0 spiro atoms. The van der Waals surface area contributed by atoms with E-state index < -0.39 is 17.0 Å². The van der Waals surface area contributed by atoms with E-state index in [0.717, 1.165) is 0 Å². The van der Waals surface area contributed by atoms with E-state index in [4.69, 9.17) is 27.9 Å². The maximum atomic E-state index is 13.5. The lowest BCUT2D eigenvalue weighted by Gasteiger charge is -2.17. The number of carbonyl (C=O) groups is 1. The number of nitrogens with one attached hydrogen (secondary N) is 1. The lowest BCUT2D eigenvalue weighted by Crippen LogP contribution is -2.38. The zero-order valence-electron chi connectivity index (χ0n) is 17.3. The monoisotopic (exact) mass is 462 g/mol. The first-order chi connectivity index (χ1) is 14.6. The van der Waals surface area contributed by atoms with E-state index in [0.29, 0.717) is 16.3 Å². The molecule has 0 radical (unpaired) electrons. The summed E-state index contributed by atoms with van der Waals surface area (Å²) in [6.45, 7) is 5.18. The normalized spacial score (nSPS) is 11.1. The number of carbonyl (C=O) groups excluding carboxylic acids is 1. The van der Waals surface area contributed by atoms with Crippen molar-refractivity contribution in [2.45, 2.75) is 33.2 Å². The van der Waals surface area contributed by atoms with Crippen molar-refractivity contribution < 1.29 is 9.53 Å². The summed E-state index contributed by atoms with van der Waals surface area (Å²) in [4.78, 5) is 49.4. The van der Waals surface area contributed by atoms with Crippen molar-refractivity contribution in [1.82, 2.24) is 19.5 Å². The van der Waals surface area contributed by atoms with Crippen LogP contribution in [-0.2, 0) is 6.54 Å². The number of ketones is 1. The Kier molecular flexibility index (Phi) is 6.62. The number of hydrogen-bond donors (Lipinski definition) is 1. The van der Waals surface area contributed by atoms with Crippen LogP contribution in [0, 0.1) is 6.92 Å². The molecule has 3 aromatic heterocycles. The van der Waals surface area contributed by atoms with Crippen LogP contribution in [0.25, 0.3) is 0 Å². The van der Waals surface area contributed by atoms with Gasteiger partial charge in [0.1, 0.15) is 16.5 Å². The molecule has 3 aromatic rings. The number of nitrogens with zero attached hydrogens (tertiary/aromatic N) is 3. The molecule has 0 atom stereocenters. The summed E-state index contributed by atoms with van der Waals surface area (Å²) >= 11 is 12.1. The third-order valence-corrected chi connectivity index (χ3v) is 4.97. The zero-order chi connectivity index (χ0) is 22.9. The number of hydrogen-bond acceptors (Lipinski definition) is 6. The molecule has 8 nitrogen and oxygen atoms in total. The minimum atomic E-state index is -0.733. The fourth-order valence-corrected chi connectivity index (χ4v) is 3.77. The molecule has 1 N–H and O–H groups in total. The number of aromatic amines is 1. The Hall–Kier alpha value is -2.97. The van der Waals surface area contributed by atoms with Crippen molar-refractivity contribution in [2.75, 3.05) is 7.11 Å². The Morgan fingerprint density at radius 2 is 1.87 bits per heavy atom. The Morgan fingerprint density at radius 1 is 1.16 bits per heavy atom. The van der Waals surface area contributed by atoms with Crippen molar-refractivity contribution in [3.05, 3.63) is 83.5 Å². The molecule has 31 heavy (non-hydrogen) atoms. The summed E-state index contributed by atoms with van der Waals surface area (Å²) in [7, 11) is 1.44. The van der Waals surface area contributed by atoms with Crippen LogP contribution in [0.15, 0.2) is 33.9 Å². The van der Waals surface area contributed by atoms with Crippen molar-refractivity contribution in [2.24, 2.45) is 0 Å². The van der Waals surface area contributed by atoms with Gasteiger partial charge in [0.25, 0.3) is 5.56 Å². The van der Waals surface area contributed by atoms with Gasteiger partial charge in [-0.3, -0.25) is 19.1 Å². The van der Waals surface area contributed by atoms with Crippen LogP contribution in [0.1, 0.15) is 52.8 Å². The van der Waals surface area contributed by atoms with E-state index in [9.17, 15) is 14.4 Å². The van der Waals surface area contributed by atoms with Crippen LogP contribution < -0.4 is 16.0 Å². The van der Waals surface area contributed by atoms with Crippen LogP contribution in [-0.4, -0.2) is 32.4 Å². The lowest BCUT2D eigenvalue weighted by molar-refractivity contribution is 0.102. The molecular weight excluding hydrogens is 443 g/mol. The van der Waals surface area contributed by atoms with Crippen molar-refractivity contribution in [1.29, 1.82) is 0 Å². The van der Waals surface area contributed by atoms with Gasteiger partial charge >= 0.3 is 5.69 Å². The van der Waals surface area contributed by atoms with Crippen LogP contribution in [0.4, 0.5) is 0 Å². The van der Waals surface area contributed by atoms with E-state index in [1.807, 2.05) is 0 Å². The predicted octanol–water partition coefficient (Wildman–Crippen LogP) is 3.35. The largest absolute Gasteiger partial charge is 0.481 e. The van der Waals surface area contributed by atoms with Gasteiger partial charge in [0.15, 0.2) is 0 Å². The molecule has 0 saturated heterocycles. The highest BCUT2D eigenvalue weighted by atomic mass is 35.5. The van der Waals surface area contributed by atoms with E-state index >= 15 is 0 Å². The highest BCUT2D eigenvalue weighted by molar-refractivity contribution is 6.31.